The van der Waals surface area contributed by atoms with Crippen LogP contribution in [0.15, 0.2) is 0 Å². The van der Waals surface area contributed by atoms with Crippen molar-refractivity contribution >= 4 is 5.91 Å². The molecule has 3 atom stereocenters. The summed E-state index contributed by atoms with van der Waals surface area (Å²) in [5.74, 6) is 0.142. The summed E-state index contributed by atoms with van der Waals surface area (Å²) in [5, 5.41) is 0. The lowest BCUT2D eigenvalue weighted by Crippen LogP contribution is -2.52. The highest BCUT2D eigenvalue weighted by atomic mass is 16.5. The molecule has 2 N–H and O–H groups in total. The molecule has 1 amide bonds. The first-order chi connectivity index (χ1) is 7.22. The van der Waals surface area contributed by atoms with E-state index in [0.29, 0.717) is 12.1 Å². The highest BCUT2D eigenvalue weighted by Gasteiger charge is 2.35. The van der Waals surface area contributed by atoms with Crippen LogP contribution in [0.3, 0.4) is 0 Å². The van der Waals surface area contributed by atoms with Gasteiger partial charge in [0, 0.05) is 19.7 Å². The van der Waals surface area contributed by atoms with Crippen LogP contribution in [0.5, 0.6) is 0 Å². The maximum atomic E-state index is 11.9. The minimum Gasteiger partial charge on any atom is -0.381 e. The summed E-state index contributed by atoms with van der Waals surface area (Å²) in [6.45, 7) is 0.883. The molecule has 86 valence electrons. The zero-order valence-electron chi connectivity index (χ0n) is 9.32. The molecule has 2 fully saturated rings. The van der Waals surface area contributed by atoms with Crippen molar-refractivity contribution in [3.05, 3.63) is 0 Å². The van der Waals surface area contributed by atoms with Crippen LogP contribution >= 0.6 is 0 Å². The zero-order valence-corrected chi connectivity index (χ0v) is 9.32. The molecule has 0 aromatic carbocycles. The van der Waals surface area contributed by atoms with Gasteiger partial charge in [-0.15, -0.1) is 0 Å². The smallest absolute Gasteiger partial charge is 0.239 e. The number of hydrogen-bond acceptors (Lipinski definition) is 3. The molecule has 1 aliphatic heterocycles. The number of piperidine rings is 1. The maximum absolute atomic E-state index is 11.9. The van der Waals surface area contributed by atoms with E-state index in [2.05, 4.69) is 0 Å². The number of nitrogens with two attached hydrogens (primary N) is 1. The second kappa shape index (κ2) is 4.49. The summed E-state index contributed by atoms with van der Waals surface area (Å²) in [5.41, 5.74) is 5.78. The fraction of sp³-hybridized carbons (Fsp3) is 0.909. The van der Waals surface area contributed by atoms with Gasteiger partial charge in [-0.25, -0.2) is 0 Å². The van der Waals surface area contributed by atoms with Crippen molar-refractivity contribution < 1.29 is 9.53 Å². The summed E-state index contributed by atoms with van der Waals surface area (Å²) in [6.07, 6.45) is 5.34. The highest BCUT2D eigenvalue weighted by Crippen LogP contribution is 2.28. The molecule has 3 unspecified atom stereocenters. The first kappa shape index (κ1) is 10.9. The van der Waals surface area contributed by atoms with Crippen LogP contribution in [-0.2, 0) is 9.53 Å². The van der Waals surface area contributed by atoms with Gasteiger partial charge in [0.15, 0.2) is 0 Å². The van der Waals surface area contributed by atoms with Gasteiger partial charge in [-0.2, -0.15) is 0 Å². The predicted octanol–water partition coefficient (Wildman–Crippen LogP) is 0.504. The van der Waals surface area contributed by atoms with Crippen LogP contribution in [0.25, 0.3) is 0 Å². The Morgan fingerprint density at radius 2 is 2.20 bits per heavy atom. The van der Waals surface area contributed by atoms with Gasteiger partial charge in [-0.05, 0) is 32.1 Å². The number of rotatable bonds is 2. The van der Waals surface area contributed by atoms with E-state index in [1.54, 1.807) is 7.11 Å². The van der Waals surface area contributed by atoms with Gasteiger partial charge >= 0.3 is 0 Å². The van der Waals surface area contributed by atoms with Gasteiger partial charge in [-0.3, -0.25) is 4.79 Å². The Hall–Kier alpha value is -0.610. The van der Waals surface area contributed by atoms with E-state index in [0.717, 1.165) is 38.6 Å². The fourth-order valence-corrected chi connectivity index (χ4v) is 2.71. The van der Waals surface area contributed by atoms with Gasteiger partial charge in [0.2, 0.25) is 5.91 Å². The molecule has 15 heavy (non-hydrogen) atoms. The molecule has 2 rings (SSSR count). The lowest BCUT2D eigenvalue weighted by molar-refractivity contribution is -0.137. The van der Waals surface area contributed by atoms with Crippen molar-refractivity contribution in [2.75, 3.05) is 13.7 Å². The molecule has 0 radical (unpaired) electrons. The molecule has 0 spiro atoms. The van der Waals surface area contributed by atoms with Crippen LogP contribution in [0.1, 0.15) is 32.1 Å². The molecule has 4 nitrogen and oxygen atoms in total. The molecule has 1 saturated carbocycles. The number of likely N-dealkylation sites (tertiary alicyclic amines) is 1. The number of nitrogens with zero attached hydrogens (tertiary/aromatic N) is 1. The normalized spacial score (nSPS) is 37.3. The molecule has 0 aromatic rings. The summed E-state index contributed by atoms with van der Waals surface area (Å²) >= 11 is 0. The monoisotopic (exact) mass is 212 g/mol. The molecular weight excluding hydrogens is 192 g/mol. The second-order valence-corrected chi connectivity index (χ2v) is 4.60. The molecule has 4 heteroatoms. The maximum Gasteiger partial charge on any atom is 0.239 e. The second-order valence-electron chi connectivity index (χ2n) is 4.60. The number of ether oxygens (including phenoxy) is 1. The summed E-state index contributed by atoms with van der Waals surface area (Å²) in [6, 6.07) is 0.106. The summed E-state index contributed by atoms with van der Waals surface area (Å²) < 4.78 is 5.33. The predicted molar refractivity (Wildman–Crippen MR) is 57.4 cm³/mol. The van der Waals surface area contributed by atoms with Crippen molar-refractivity contribution in [2.45, 2.75) is 50.3 Å². The lowest BCUT2D eigenvalue weighted by Gasteiger charge is -2.35. The molecule has 0 bridgehead atoms. The van der Waals surface area contributed by atoms with Gasteiger partial charge in [0.25, 0.3) is 0 Å². The summed E-state index contributed by atoms with van der Waals surface area (Å²) in [4.78, 5) is 13.8. The van der Waals surface area contributed by atoms with Crippen LogP contribution in [0.4, 0.5) is 0 Å². The van der Waals surface area contributed by atoms with Gasteiger partial charge < -0.3 is 15.4 Å². The van der Waals surface area contributed by atoms with Crippen molar-refractivity contribution in [1.29, 1.82) is 0 Å². The molecule has 1 aliphatic carbocycles. The van der Waals surface area contributed by atoms with Crippen molar-refractivity contribution in [3.63, 3.8) is 0 Å². The SMILES string of the molecule is COC1CCC(N2CCCC(N)C2=O)C1. The quantitative estimate of drug-likeness (QED) is 0.725. The fourth-order valence-electron chi connectivity index (χ4n) is 2.71. The molecule has 1 saturated heterocycles. The topological polar surface area (TPSA) is 55.6 Å². The molecule has 0 aromatic heterocycles. The third-order valence-electron chi connectivity index (χ3n) is 3.65. The Morgan fingerprint density at radius 1 is 1.40 bits per heavy atom. The Kier molecular flexibility index (Phi) is 3.26. The zero-order chi connectivity index (χ0) is 10.8. The largest absolute Gasteiger partial charge is 0.381 e. The van der Waals surface area contributed by atoms with E-state index in [1.165, 1.54) is 0 Å². The Balaban J connectivity index is 1.95. The van der Waals surface area contributed by atoms with Gasteiger partial charge in [0.1, 0.15) is 0 Å². The summed E-state index contributed by atoms with van der Waals surface area (Å²) in [7, 11) is 1.75. The Labute approximate surface area is 90.8 Å². The number of methoxy groups -OCH3 is 1. The van der Waals surface area contributed by atoms with Gasteiger partial charge in [-0.1, -0.05) is 0 Å². The Morgan fingerprint density at radius 3 is 2.87 bits per heavy atom. The van der Waals surface area contributed by atoms with Crippen molar-refractivity contribution in [3.8, 4) is 0 Å². The molecule has 1 heterocycles. The van der Waals surface area contributed by atoms with Crippen LogP contribution < -0.4 is 5.73 Å². The molecule has 2 aliphatic rings. The first-order valence-electron chi connectivity index (χ1n) is 5.81. The van der Waals surface area contributed by atoms with Crippen LogP contribution in [0.2, 0.25) is 0 Å². The van der Waals surface area contributed by atoms with E-state index in [4.69, 9.17) is 10.5 Å². The average Bonchev–Trinajstić information content (AvgIpc) is 2.70. The highest BCUT2D eigenvalue weighted by molar-refractivity contribution is 5.82. The Bertz CT molecular complexity index is 245. The van der Waals surface area contributed by atoms with E-state index in [1.807, 2.05) is 4.90 Å². The minimum atomic E-state index is -0.264. The van der Waals surface area contributed by atoms with Crippen molar-refractivity contribution in [1.82, 2.24) is 4.90 Å². The number of carbonyl (C=O) groups is 1. The average molecular weight is 212 g/mol. The van der Waals surface area contributed by atoms with E-state index in [-0.39, 0.29) is 11.9 Å². The van der Waals surface area contributed by atoms with E-state index >= 15 is 0 Å². The third kappa shape index (κ3) is 2.16. The van der Waals surface area contributed by atoms with Crippen molar-refractivity contribution in [2.24, 2.45) is 5.73 Å². The van der Waals surface area contributed by atoms with E-state index < -0.39 is 0 Å². The molecular formula is C11H20N2O2. The first-order valence-corrected chi connectivity index (χ1v) is 5.81. The lowest BCUT2D eigenvalue weighted by atomic mass is 10.0. The van der Waals surface area contributed by atoms with E-state index in [9.17, 15) is 4.79 Å². The number of hydrogen-bond donors (Lipinski definition) is 1. The number of carbonyl (C=O) groups excluding carboxylic acids is 1. The van der Waals surface area contributed by atoms with Crippen LogP contribution in [0, 0.1) is 0 Å². The standard InChI is InChI=1S/C11H20N2O2/c1-15-9-5-4-8(7-9)13-6-2-3-10(12)11(13)14/h8-10H,2-7,12H2,1H3. The number of amides is 1. The van der Waals surface area contributed by atoms with Crippen LogP contribution in [-0.4, -0.2) is 42.6 Å². The third-order valence-corrected chi connectivity index (χ3v) is 3.65. The van der Waals surface area contributed by atoms with Gasteiger partial charge in [0.05, 0.1) is 12.1 Å². The minimum absolute atomic E-state index is 0.142.